The summed E-state index contributed by atoms with van der Waals surface area (Å²) in [7, 11) is 0. The molecule has 3 heterocycles. The summed E-state index contributed by atoms with van der Waals surface area (Å²) < 4.78 is 11.0. The van der Waals surface area contributed by atoms with E-state index < -0.39 is 0 Å². The molecule has 0 bridgehead atoms. The van der Waals surface area contributed by atoms with Crippen LogP contribution < -0.4 is 26.4 Å². The lowest BCUT2D eigenvalue weighted by atomic mass is 10.1. The number of anilines is 2. The number of carbonyl (C=O) groups excluding carboxylic acids is 5. The van der Waals surface area contributed by atoms with E-state index in [4.69, 9.17) is 15.2 Å². The maximum atomic E-state index is 11.4. The van der Waals surface area contributed by atoms with E-state index in [-0.39, 0.29) is 29.7 Å². The van der Waals surface area contributed by atoms with Gasteiger partial charge in [0.25, 0.3) is 5.91 Å². The average Bonchev–Trinajstić information content (AvgIpc) is 1.88. The molecule has 0 spiro atoms. The normalized spacial score (nSPS) is 9.73. The first-order valence-electron chi connectivity index (χ1n) is 31.6. The first kappa shape index (κ1) is 77.5. The fraction of sp³-hybridized carbons (Fsp3) is 0.212. The molecule has 0 atom stereocenters. The zero-order valence-corrected chi connectivity index (χ0v) is 58.5. The molecule has 12 rings (SSSR count). The van der Waals surface area contributed by atoms with E-state index in [0.29, 0.717) is 30.0 Å². The summed E-state index contributed by atoms with van der Waals surface area (Å²) in [6.45, 7) is 28.7. The number of H-pyrrole nitrogens is 2. The number of amides is 3. The second kappa shape index (κ2) is 42.3. The number of aromatic amines is 2. The molecule has 0 aliphatic carbocycles. The molecule has 0 aliphatic rings. The average molecular weight is 1310 g/mol. The zero-order valence-electron chi connectivity index (χ0n) is 57.7. The van der Waals surface area contributed by atoms with Crippen LogP contribution in [0.5, 0.6) is 5.75 Å². The molecule has 0 fully saturated rings. The Hall–Kier alpha value is -11.0. The maximum absolute atomic E-state index is 11.4. The van der Waals surface area contributed by atoms with Crippen LogP contribution in [-0.2, 0) is 14.3 Å². The minimum absolute atomic E-state index is 0.00981. The van der Waals surface area contributed by atoms with Crippen molar-refractivity contribution in [3.8, 4) is 5.75 Å². The van der Waals surface area contributed by atoms with Crippen molar-refractivity contribution in [2.75, 3.05) is 30.3 Å². The first-order valence-corrected chi connectivity index (χ1v) is 32.4. The molecular weight excluding hydrogens is 1220 g/mol. The molecule has 500 valence electrons. The van der Waals surface area contributed by atoms with Gasteiger partial charge in [-0.1, -0.05) is 144 Å². The van der Waals surface area contributed by atoms with E-state index in [2.05, 4.69) is 105 Å². The molecule has 0 radical (unpaired) electrons. The number of rotatable bonds is 9. The van der Waals surface area contributed by atoms with Crippen molar-refractivity contribution in [1.29, 1.82) is 0 Å². The third-order valence-electron chi connectivity index (χ3n) is 13.3. The molecular formula is C80H92N8O7S. The number of fused-ring (bicyclic) bond motifs is 3. The molecule has 0 unspecified atom stereocenters. The highest BCUT2D eigenvalue weighted by Gasteiger charge is 2.07. The van der Waals surface area contributed by atoms with Crippen molar-refractivity contribution >= 4 is 84.5 Å². The SMILES string of the molecule is CC(=O)Nc1cccc(C)c1.CC(=O)Oc1ccc(C)cc1.CCNC(=O)c1ccccc1C.CCNc1ccccc1C.CCOC(=O)c1cccc(C)c1.Cc1cc2ccccc2[nH]1.Cc1cccc(C(N)=O)c1.Cc1nc2ccccc2[nH]1.Cc1nc2ccccc2s1. The van der Waals surface area contributed by atoms with Gasteiger partial charge >= 0.3 is 11.9 Å². The largest absolute Gasteiger partial charge is 0.462 e. The predicted octanol–water partition coefficient (Wildman–Crippen LogP) is 18.3. The minimum Gasteiger partial charge on any atom is -0.462 e. The Balaban J connectivity index is 0.000000230. The van der Waals surface area contributed by atoms with Crippen LogP contribution in [0.1, 0.15) is 116 Å². The van der Waals surface area contributed by atoms with E-state index in [0.717, 1.165) is 73.0 Å². The van der Waals surface area contributed by atoms with Gasteiger partial charge in [0.2, 0.25) is 11.8 Å². The van der Waals surface area contributed by atoms with Gasteiger partial charge in [-0.2, -0.15) is 0 Å². The monoisotopic (exact) mass is 1310 g/mol. The van der Waals surface area contributed by atoms with Crippen LogP contribution in [0.15, 0.2) is 224 Å². The van der Waals surface area contributed by atoms with Crippen molar-refractivity contribution in [1.82, 2.24) is 25.3 Å². The van der Waals surface area contributed by atoms with Crippen molar-refractivity contribution in [3.05, 3.63) is 291 Å². The Morgan fingerprint density at radius 3 is 1.62 bits per heavy atom. The number of thiazole rings is 1. The number of nitrogens with one attached hydrogen (secondary N) is 5. The minimum atomic E-state index is -0.372. The van der Waals surface area contributed by atoms with Crippen molar-refractivity contribution in [3.63, 3.8) is 0 Å². The maximum Gasteiger partial charge on any atom is 0.338 e. The summed E-state index contributed by atoms with van der Waals surface area (Å²) in [4.78, 5) is 69.2. The molecule has 0 saturated heterocycles. The second-order valence-corrected chi connectivity index (χ2v) is 23.1. The van der Waals surface area contributed by atoms with Gasteiger partial charge in [-0.15, -0.1) is 11.3 Å². The van der Waals surface area contributed by atoms with Gasteiger partial charge in [0.05, 0.1) is 38.4 Å². The number of primary amides is 1. The molecule has 96 heavy (non-hydrogen) atoms. The Kier molecular flexibility index (Phi) is 34.1. The Morgan fingerprint density at radius 2 is 1.07 bits per heavy atom. The zero-order chi connectivity index (χ0) is 70.4. The van der Waals surface area contributed by atoms with Gasteiger partial charge in [-0.3, -0.25) is 19.2 Å². The highest BCUT2D eigenvalue weighted by Crippen LogP contribution is 2.20. The molecule has 15 nitrogen and oxygen atoms in total. The third kappa shape index (κ3) is 29.8. The van der Waals surface area contributed by atoms with Gasteiger partial charge in [0, 0.05) is 60.6 Å². The molecule has 0 saturated carbocycles. The van der Waals surface area contributed by atoms with Crippen LogP contribution in [0.25, 0.3) is 32.2 Å². The van der Waals surface area contributed by atoms with Crippen LogP contribution in [-0.4, -0.2) is 69.3 Å². The quantitative estimate of drug-likeness (QED) is 0.0592. The van der Waals surface area contributed by atoms with Crippen LogP contribution >= 0.6 is 11.3 Å². The van der Waals surface area contributed by atoms with Crippen molar-refractivity contribution in [2.45, 2.75) is 96.9 Å². The van der Waals surface area contributed by atoms with Gasteiger partial charge < -0.3 is 41.1 Å². The van der Waals surface area contributed by atoms with Crippen molar-refractivity contribution in [2.24, 2.45) is 5.73 Å². The van der Waals surface area contributed by atoms with Crippen LogP contribution in [0.2, 0.25) is 0 Å². The molecule has 16 heteroatoms. The number of hydrogen-bond donors (Lipinski definition) is 6. The molecule has 0 aliphatic heterocycles. The summed E-state index contributed by atoms with van der Waals surface area (Å²) >= 11 is 1.74. The summed E-state index contributed by atoms with van der Waals surface area (Å²) in [6, 6.07) is 72.2. The highest BCUT2D eigenvalue weighted by atomic mass is 32.1. The highest BCUT2D eigenvalue weighted by molar-refractivity contribution is 7.18. The van der Waals surface area contributed by atoms with Crippen LogP contribution in [0, 0.1) is 62.3 Å². The topological polar surface area (TPSA) is 223 Å². The number of para-hydroxylation sites is 5. The summed E-state index contributed by atoms with van der Waals surface area (Å²) in [5, 5.41) is 11.2. The van der Waals surface area contributed by atoms with Gasteiger partial charge in [-0.05, 0) is 202 Å². The van der Waals surface area contributed by atoms with Gasteiger partial charge in [-0.25, -0.2) is 14.8 Å². The van der Waals surface area contributed by atoms with Crippen molar-refractivity contribution < 1.29 is 33.4 Å². The number of aryl methyl sites for hydroxylation is 9. The van der Waals surface area contributed by atoms with E-state index in [1.165, 1.54) is 46.4 Å². The lowest BCUT2D eigenvalue weighted by Crippen LogP contribution is -2.23. The number of nitrogens with two attached hydrogens (primary N) is 1. The first-order chi connectivity index (χ1) is 46.0. The summed E-state index contributed by atoms with van der Waals surface area (Å²) in [6.07, 6.45) is 0. The number of nitrogens with zero attached hydrogens (tertiary/aromatic N) is 2. The third-order valence-corrected chi connectivity index (χ3v) is 14.2. The van der Waals surface area contributed by atoms with E-state index >= 15 is 0 Å². The van der Waals surface area contributed by atoms with Gasteiger partial charge in [0.1, 0.15) is 11.6 Å². The number of benzene rings is 9. The Labute approximate surface area is 570 Å². The summed E-state index contributed by atoms with van der Waals surface area (Å²) in [5.74, 6) is 0.647. The number of aromatic nitrogens is 4. The Morgan fingerprint density at radius 1 is 0.510 bits per heavy atom. The lowest BCUT2D eigenvalue weighted by Gasteiger charge is -2.04. The molecule has 7 N–H and O–H groups in total. The molecule has 3 amide bonds. The van der Waals surface area contributed by atoms with E-state index in [1.54, 1.807) is 48.6 Å². The molecule has 9 aromatic carbocycles. The number of carbonyl (C=O) groups is 5. The van der Waals surface area contributed by atoms with Gasteiger partial charge in [0.15, 0.2) is 0 Å². The molecule has 3 aromatic heterocycles. The Bertz CT molecular complexity index is 4070. The fourth-order valence-corrected chi connectivity index (χ4v) is 9.64. The van der Waals surface area contributed by atoms with E-state index in [1.807, 2.05) is 201 Å². The number of esters is 2. The smallest absolute Gasteiger partial charge is 0.338 e. The number of ether oxygens (including phenoxy) is 2. The lowest BCUT2D eigenvalue weighted by molar-refractivity contribution is -0.131. The predicted molar refractivity (Wildman–Crippen MR) is 398 cm³/mol. The second-order valence-electron chi connectivity index (χ2n) is 21.9. The summed E-state index contributed by atoms with van der Waals surface area (Å²) in [5.41, 5.74) is 21.6. The van der Waals surface area contributed by atoms with Crippen LogP contribution in [0.4, 0.5) is 11.4 Å². The molecule has 12 aromatic rings. The standard InChI is InChI=1S/C10H13NO.C10H12O2.C9H11NO.C9H9N.C9H13N.C9H10O2.C8H8N2.C8H9NO.C8H7NS/c1-3-11-10(12)9-7-5-4-6-8(9)2;1-3-12-10(11)9-6-4-5-8(2)7-9;1-7-4-3-5-9(6-7)10-8(2)11;1-7-6-8-4-2-3-5-9(8)10-7;1-3-10-9-7-5-4-6-8(9)2;1-7-3-5-9(6-4-7)11-8(2)10;1-6-9-7-4-2-3-5-8(7)10-6;1-6-3-2-4-7(5-6)8(9)10;1-6-9-7-4-2-3-5-8(7)10-6/h4-7H,3H2,1-2H3,(H,11,12);4-7H,3H2,1-2H3;3-6H,1-2H3,(H,10,11);2-6,10H,1H3;4-7,10H,3H2,1-2H3;3-6H,1-2H3;2-5H,1H3,(H,9,10);2-5H,1H3,(H2,9,10);2-5H,1H3. The fourth-order valence-electron chi connectivity index (χ4n) is 8.81. The van der Waals surface area contributed by atoms with E-state index in [9.17, 15) is 24.0 Å². The number of imidazole rings is 1. The number of hydrogen-bond acceptors (Lipinski definition) is 11. The van der Waals surface area contributed by atoms with Crippen LogP contribution in [0.3, 0.4) is 0 Å².